The number of halogens is 2. The molecule has 0 saturated heterocycles. The van der Waals surface area contributed by atoms with Crippen LogP contribution in [0.1, 0.15) is 0 Å². The molecule has 1 amide bonds. The van der Waals surface area contributed by atoms with Gasteiger partial charge in [0.15, 0.2) is 11.5 Å². The van der Waals surface area contributed by atoms with E-state index < -0.39 is 22.5 Å². The Hall–Kier alpha value is -3.34. The van der Waals surface area contributed by atoms with Gasteiger partial charge in [-0.05, 0) is 42.5 Å². The summed E-state index contributed by atoms with van der Waals surface area (Å²) in [6, 6.07) is 13.3. The molecule has 1 N–H and O–H groups in total. The highest BCUT2D eigenvalue weighted by Gasteiger charge is 2.31. The lowest BCUT2D eigenvalue weighted by molar-refractivity contribution is -0.114. The smallest absolute Gasteiger partial charge is 0.265 e. The SMILES string of the molecule is COc1ccc(OC)c(N(CC(=O)Nc2cc(Cl)ccc2Cl)S(=O)(=O)c2ccc(OC)c(OC)c2)c1. The number of carbonyl (C=O) groups excluding carboxylic acids is 1. The molecule has 0 fully saturated rings. The summed E-state index contributed by atoms with van der Waals surface area (Å²) in [6.07, 6.45) is 0. The van der Waals surface area contributed by atoms with Gasteiger partial charge in [-0.3, -0.25) is 9.10 Å². The minimum atomic E-state index is -4.33. The normalized spacial score (nSPS) is 10.9. The lowest BCUT2D eigenvalue weighted by atomic mass is 10.2. The summed E-state index contributed by atoms with van der Waals surface area (Å²) in [5.74, 6) is 0.430. The van der Waals surface area contributed by atoms with Crippen LogP contribution in [0.3, 0.4) is 0 Å². The van der Waals surface area contributed by atoms with Crippen molar-refractivity contribution >= 4 is 50.5 Å². The van der Waals surface area contributed by atoms with E-state index in [1.807, 2.05) is 0 Å². The highest BCUT2D eigenvalue weighted by atomic mass is 35.5. The van der Waals surface area contributed by atoms with Crippen LogP contribution in [0.5, 0.6) is 23.0 Å². The third-order valence-electron chi connectivity index (χ3n) is 5.09. The number of ether oxygens (including phenoxy) is 4. The van der Waals surface area contributed by atoms with Gasteiger partial charge in [-0.15, -0.1) is 0 Å². The molecule has 0 aliphatic rings. The maximum atomic E-state index is 13.9. The Balaban J connectivity index is 2.11. The summed E-state index contributed by atoms with van der Waals surface area (Å²) in [6.45, 7) is -0.622. The van der Waals surface area contributed by atoms with Gasteiger partial charge in [-0.2, -0.15) is 0 Å². The Kier molecular flexibility index (Phi) is 8.78. The highest BCUT2D eigenvalue weighted by molar-refractivity contribution is 7.92. The average molecular weight is 555 g/mol. The van der Waals surface area contributed by atoms with E-state index in [2.05, 4.69) is 5.32 Å². The van der Waals surface area contributed by atoms with Gasteiger partial charge in [-0.1, -0.05) is 23.2 Å². The summed E-state index contributed by atoms with van der Waals surface area (Å²) in [5, 5.41) is 3.19. The van der Waals surface area contributed by atoms with Gasteiger partial charge in [0.25, 0.3) is 10.0 Å². The van der Waals surface area contributed by atoms with Crippen LogP contribution >= 0.6 is 23.2 Å². The van der Waals surface area contributed by atoms with Crippen LogP contribution < -0.4 is 28.6 Å². The maximum Gasteiger partial charge on any atom is 0.265 e. The Bertz CT molecular complexity index is 1370. The predicted octanol–water partition coefficient (Wildman–Crippen LogP) is 4.86. The number of nitrogens with zero attached hydrogens (tertiary/aromatic N) is 1. The Labute approximate surface area is 219 Å². The largest absolute Gasteiger partial charge is 0.497 e. The van der Waals surface area contributed by atoms with E-state index >= 15 is 0 Å². The number of methoxy groups -OCH3 is 4. The molecule has 192 valence electrons. The van der Waals surface area contributed by atoms with Crippen molar-refractivity contribution < 1.29 is 32.2 Å². The second-order valence-electron chi connectivity index (χ2n) is 7.24. The lowest BCUT2D eigenvalue weighted by Gasteiger charge is -2.26. The molecule has 0 aliphatic heterocycles. The highest BCUT2D eigenvalue weighted by Crippen LogP contribution is 2.37. The van der Waals surface area contributed by atoms with Gasteiger partial charge in [0.1, 0.15) is 18.0 Å². The van der Waals surface area contributed by atoms with E-state index in [1.165, 1.54) is 70.9 Å². The monoisotopic (exact) mass is 554 g/mol. The van der Waals surface area contributed by atoms with Crippen molar-refractivity contribution in [2.75, 3.05) is 44.6 Å². The molecule has 36 heavy (non-hydrogen) atoms. The number of sulfonamides is 1. The predicted molar refractivity (Wildman–Crippen MR) is 139 cm³/mol. The molecule has 12 heteroatoms. The number of carbonyl (C=O) groups is 1. The Morgan fingerprint density at radius 2 is 1.50 bits per heavy atom. The van der Waals surface area contributed by atoms with Crippen LogP contribution in [0, 0.1) is 0 Å². The fourth-order valence-corrected chi connectivity index (χ4v) is 5.09. The Morgan fingerprint density at radius 3 is 2.14 bits per heavy atom. The van der Waals surface area contributed by atoms with Crippen molar-refractivity contribution in [1.82, 2.24) is 0 Å². The number of amides is 1. The van der Waals surface area contributed by atoms with Crippen LogP contribution in [-0.2, 0) is 14.8 Å². The van der Waals surface area contributed by atoms with Crippen molar-refractivity contribution in [3.05, 3.63) is 64.6 Å². The molecule has 3 aromatic carbocycles. The van der Waals surface area contributed by atoms with Crippen molar-refractivity contribution in [2.24, 2.45) is 0 Å². The zero-order chi connectivity index (χ0) is 26.5. The molecule has 0 aliphatic carbocycles. The fourth-order valence-electron chi connectivity index (χ4n) is 3.31. The minimum Gasteiger partial charge on any atom is -0.497 e. The van der Waals surface area contributed by atoms with E-state index in [9.17, 15) is 13.2 Å². The van der Waals surface area contributed by atoms with Gasteiger partial charge >= 0.3 is 0 Å². The molecule has 0 aromatic heterocycles. The molecule has 3 aromatic rings. The van der Waals surface area contributed by atoms with Gasteiger partial charge in [0.2, 0.25) is 5.91 Å². The van der Waals surface area contributed by atoms with E-state index in [0.29, 0.717) is 16.5 Å². The number of hydrogen-bond donors (Lipinski definition) is 1. The molecule has 0 radical (unpaired) electrons. The van der Waals surface area contributed by atoms with E-state index in [1.54, 1.807) is 12.1 Å². The zero-order valence-electron chi connectivity index (χ0n) is 19.9. The summed E-state index contributed by atoms with van der Waals surface area (Å²) in [5.41, 5.74) is 0.314. The Morgan fingerprint density at radius 1 is 0.833 bits per heavy atom. The van der Waals surface area contributed by atoms with Crippen LogP contribution in [0.15, 0.2) is 59.5 Å². The standard InChI is InChI=1S/C24H24Cl2N2O7S/c1-32-16-6-9-21(33-2)20(12-16)28(14-24(29)27-19-11-15(25)5-8-18(19)26)36(30,31)17-7-10-22(34-3)23(13-17)35-4/h5-13H,14H2,1-4H3,(H,27,29). The first-order valence-corrected chi connectivity index (χ1v) is 12.6. The van der Waals surface area contributed by atoms with Crippen molar-refractivity contribution in [3.63, 3.8) is 0 Å². The van der Waals surface area contributed by atoms with E-state index in [4.69, 9.17) is 42.1 Å². The fraction of sp³-hybridized carbons (Fsp3) is 0.208. The number of hydrogen-bond acceptors (Lipinski definition) is 7. The molecule has 0 heterocycles. The summed E-state index contributed by atoms with van der Waals surface area (Å²) >= 11 is 12.2. The number of anilines is 2. The van der Waals surface area contributed by atoms with Crippen LogP contribution in [0.4, 0.5) is 11.4 Å². The number of rotatable bonds is 10. The first kappa shape index (κ1) is 27.3. The molecular formula is C24H24Cl2N2O7S. The van der Waals surface area contributed by atoms with Crippen LogP contribution in [-0.4, -0.2) is 49.3 Å². The quantitative estimate of drug-likeness (QED) is 0.381. The summed E-state index contributed by atoms with van der Waals surface area (Å²) in [7, 11) is 1.32. The average Bonchev–Trinajstić information content (AvgIpc) is 2.88. The third-order valence-corrected chi connectivity index (χ3v) is 7.41. The zero-order valence-corrected chi connectivity index (χ0v) is 22.2. The van der Waals surface area contributed by atoms with Crippen LogP contribution in [0.2, 0.25) is 10.0 Å². The third kappa shape index (κ3) is 5.89. The first-order chi connectivity index (χ1) is 17.1. The first-order valence-electron chi connectivity index (χ1n) is 10.4. The molecule has 0 unspecified atom stereocenters. The molecule has 9 nitrogen and oxygen atoms in total. The minimum absolute atomic E-state index is 0.0824. The molecule has 3 rings (SSSR count). The molecular weight excluding hydrogens is 531 g/mol. The molecule has 0 atom stereocenters. The number of nitrogens with one attached hydrogen (secondary N) is 1. The molecule has 0 bridgehead atoms. The number of benzene rings is 3. The van der Waals surface area contributed by atoms with Crippen LogP contribution in [0.25, 0.3) is 0 Å². The van der Waals surface area contributed by atoms with Crippen molar-refractivity contribution in [3.8, 4) is 23.0 Å². The van der Waals surface area contributed by atoms with E-state index in [-0.39, 0.29) is 32.8 Å². The topological polar surface area (TPSA) is 103 Å². The molecule has 0 saturated carbocycles. The van der Waals surface area contributed by atoms with Crippen molar-refractivity contribution in [1.29, 1.82) is 0 Å². The van der Waals surface area contributed by atoms with Gasteiger partial charge < -0.3 is 24.3 Å². The van der Waals surface area contributed by atoms with Gasteiger partial charge in [-0.25, -0.2) is 8.42 Å². The maximum absolute atomic E-state index is 13.9. The summed E-state index contributed by atoms with van der Waals surface area (Å²) < 4.78 is 49.8. The lowest BCUT2D eigenvalue weighted by Crippen LogP contribution is -2.38. The second-order valence-corrected chi connectivity index (χ2v) is 9.94. The molecule has 0 spiro atoms. The van der Waals surface area contributed by atoms with Crippen molar-refractivity contribution in [2.45, 2.75) is 4.90 Å². The van der Waals surface area contributed by atoms with Gasteiger partial charge in [0.05, 0.1) is 49.7 Å². The van der Waals surface area contributed by atoms with Gasteiger partial charge in [0, 0.05) is 17.2 Å². The second kappa shape index (κ2) is 11.6. The van der Waals surface area contributed by atoms with E-state index in [0.717, 1.165) is 4.31 Å². The summed E-state index contributed by atoms with van der Waals surface area (Å²) in [4.78, 5) is 12.9.